The number of aromatic nitrogens is 5. The minimum atomic E-state index is -0.462. The lowest BCUT2D eigenvalue weighted by Crippen LogP contribution is -2.16. The summed E-state index contributed by atoms with van der Waals surface area (Å²) in [6, 6.07) is 7.36. The van der Waals surface area contributed by atoms with E-state index in [9.17, 15) is 9.59 Å². The number of carbonyl (C=O) groups excluding carboxylic acids is 2. The number of ketones is 2. The molecule has 0 aliphatic carbocycles. The Morgan fingerprint density at radius 2 is 1.96 bits per heavy atom. The summed E-state index contributed by atoms with van der Waals surface area (Å²) < 4.78 is 6.91. The Kier molecular flexibility index (Phi) is 5.64. The Labute approximate surface area is 166 Å². The summed E-state index contributed by atoms with van der Waals surface area (Å²) in [6.45, 7) is 6.86. The first-order valence-electron chi connectivity index (χ1n) is 8.67. The predicted octanol–water partition coefficient (Wildman–Crippen LogP) is 3.18. The van der Waals surface area contributed by atoms with E-state index < -0.39 is 5.25 Å². The normalized spacial score (nSPS) is 12.0. The fraction of sp³-hybridized carbons (Fsp3) is 0.316. The van der Waals surface area contributed by atoms with Crippen molar-refractivity contribution in [2.75, 3.05) is 7.11 Å². The zero-order valence-corrected chi connectivity index (χ0v) is 17.1. The molecule has 0 amide bonds. The van der Waals surface area contributed by atoms with E-state index in [1.165, 1.54) is 18.7 Å². The molecule has 2 aromatic heterocycles. The fourth-order valence-corrected chi connectivity index (χ4v) is 4.01. The summed E-state index contributed by atoms with van der Waals surface area (Å²) in [5.41, 5.74) is 3.07. The topological polar surface area (TPSA) is 103 Å². The van der Waals surface area contributed by atoms with Gasteiger partial charge in [0.2, 0.25) is 5.16 Å². The number of Topliss-reactive ketones (excluding diaryl/α,β-unsaturated/α-hetero) is 2. The average molecular weight is 399 g/mol. The number of hydrogen-bond donors (Lipinski definition) is 1. The predicted molar refractivity (Wildman–Crippen MR) is 106 cm³/mol. The summed E-state index contributed by atoms with van der Waals surface area (Å²) in [5.74, 6) is 0.441. The highest BCUT2D eigenvalue weighted by Crippen LogP contribution is 2.30. The molecule has 2 heterocycles. The highest BCUT2D eigenvalue weighted by molar-refractivity contribution is 8.00. The third-order valence-electron chi connectivity index (χ3n) is 4.44. The lowest BCUT2D eigenvalue weighted by atomic mass is 10.0. The SMILES string of the molecule is COc1ccccc1-n1nnnc1S[C@@H](C)C(=O)c1[nH]c(C)c(C(C)=O)c1C. The monoisotopic (exact) mass is 399 g/mol. The van der Waals surface area contributed by atoms with E-state index in [-0.39, 0.29) is 11.6 Å². The first kappa shape index (κ1) is 19.8. The van der Waals surface area contributed by atoms with Crippen LogP contribution >= 0.6 is 11.8 Å². The Hall–Kier alpha value is -2.94. The number of nitrogens with one attached hydrogen (secondary N) is 1. The van der Waals surface area contributed by atoms with Crippen molar-refractivity contribution < 1.29 is 14.3 Å². The van der Waals surface area contributed by atoms with E-state index in [1.54, 1.807) is 32.6 Å². The van der Waals surface area contributed by atoms with Gasteiger partial charge in [0, 0.05) is 11.3 Å². The quantitative estimate of drug-likeness (QED) is 0.481. The molecule has 0 spiro atoms. The molecular formula is C19H21N5O3S. The molecule has 3 rings (SSSR count). The number of methoxy groups -OCH3 is 1. The van der Waals surface area contributed by atoms with Crippen LogP contribution in [0.2, 0.25) is 0 Å². The Balaban J connectivity index is 1.88. The zero-order chi connectivity index (χ0) is 20.4. The molecule has 0 radical (unpaired) electrons. The minimum Gasteiger partial charge on any atom is -0.494 e. The maximum absolute atomic E-state index is 13.0. The van der Waals surface area contributed by atoms with Crippen LogP contribution in [0, 0.1) is 13.8 Å². The van der Waals surface area contributed by atoms with E-state index in [1.807, 2.05) is 24.3 Å². The number of benzene rings is 1. The molecule has 8 nitrogen and oxygen atoms in total. The number of para-hydroxylation sites is 2. The molecule has 0 unspecified atom stereocenters. The maximum Gasteiger partial charge on any atom is 0.214 e. The molecule has 9 heteroatoms. The van der Waals surface area contributed by atoms with Crippen LogP contribution in [-0.4, -0.2) is 49.1 Å². The van der Waals surface area contributed by atoms with Crippen molar-refractivity contribution in [3.05, 3.63) is 46.8 Å². The number of aryl methyl sites for hydroxylation is 1. The lowest BCUT2D eigenvalue weighted by molar-refractivity contribution is 0.0988. The van der Waals surface area contributed by atoms with Crippen LogP contribution in [0.4, 0.5) is 0 Å². The molecule has 0 saturated heterocycles. The molecule has 0 bridgehead atoms. The van der Waals surface area contributed by atoms with Gasteiger partial charge in [0.15, 0.2) is 11.6 Å². The van der Waals surface area contributed by atoms with Crippen LogP contribution in [0.1, 0.15) is 46.0 Å². The van der Waals surface area contributed by atoms with Crippen molar-refractivity contribution in [3.8, 4) is 11.4 Å². The van der Waals surface area contributed by atoms with Gasteiger partial charge in [0.1, 0.15) is 11.4 Å². The number of H-pyrrole nitrogens is 1. The third-order valence-corrected chi connectivity index (χ3v) is 5.47. The number of thioether (sulfide) groups is 1. The Morgan fingerprint density at radius 3 is 2.61 bits per heavy atom. The minimum absolute atomic E-state index is 0.0641. The van der Waals surface area contributed by atoms with Crippen LogP contribution in [0.25, 0.3) is 5.69 Å². The molecule has 0 aliphatic rings. The average Bonchev–Trinajstić information content (AvgIpc) is 3.24. The van der Waals surface area contributed by atoms with Crippen LogP contribution in [0.3, 0.4) is 0 Å². The van der Waals surface area contributed by atoms with Gasteiger partial charge in [-0.05, 0) is 55.8 Å². The molecule has 1 atom stereocenters. The van der Waals surface area contributed by atoms with Gasteiger partial charge in [-0.1, -0.05) is 23.9 Å². The molecule has 0 aliphatic heterocycles. The summed E-state index contributed by atoms with van der Waals surface area (Å²) in [7, 11) is 1.57. The standard InChI is InChI=1S/C19H21N5O3S/c1-10-16(12(3)25)11(2)20-17(10)18(26)13(4)28-19-21-22-23-24(19)14-8-6-7-9-15(14)27-5/h6-9,13,20H,1-5H3/t13-/m0/s1. The number of aromatic amines is 1. The smallest absolute Gasteiger partial charge is 0.214 e. The maximum atomic E-state index is 13.0. The van der Waals surface area contributed by atoms with E-state index in [4.69, 9.17) is 4.74 Å². The number of tetrazole rings is 1. The molecule has 0 saturated carbocycles. The number of nitrogens with zero attached hydrogens (tertiary/aromatic N) is 4. The molecule has 3 aromatic rings. The number of carbonyl (C=O) groups is 2. The van der Waals surface area contributed by atoms with E-state index in [0.717, 1.165) is 0 Å². The van der Waals surface area contributed by atoms with E-state index in [0.29, 0.717) is 39.1 Å². The van der Waals surface area contributed by atoms with Gasteiger partial charge < -0.3 is 9.72 Å². The van der Waals surface area contributed by atoms with Crippen molar-refractivity contribution in [1.82, 2.24) is 25.2 Å². The first-order valence-corrected chi connectivity index (χ1v) is 9.55. The van der Waals surface area contributed by atoms with Gasteiger partial charge in [-0.2, -0.15) is 4.68 Å². The highest BCUT2D eigenvalue weighted by atomic mass is 32.2. The van der Waals surface area contributed by atoms with Gasteiger partial charge in [0.05, 0.1) is 18.1 Å². The molecule has 1 N–H and O–H groups in total. The van der Waals surface area contributed by atoms with Crippen LogP contribution < -0.4 is 4.74 Å². The van der Waals surface area contributed by atoms with Gasteiger partial charge >= 0.3 is 0 Å². The van der Waals surface area contributed by atoms with E-state index in [2.05, 4.69) is 20.5 Å². The van der Waals surface area contributed by atoms with Crippen LogP contribution in [0.5, 0.6) is 5.75 Å². The van der Waals surface area contributed by atoms with Crippen molar-refractivity contribution in [1.29, 1.82) is 0 Å². The van der Waals surface area contributed by atoms with Gasteiger partial charge in [-0.15, -0.1) is 5.10 Å². The van der Waals surface area contributed by atoms with Gasteiger partial charge in [-0.3, -0.25) is 9.59 Å². The highest BCUT2D eigenvalue weighted by Gasteiger charge is 2.26. The van der Waals surface area contributed by atoms with E-state index >= 15 is 0 Å². The summed E-state index contributed by atoms with van der Waals surface area (Å²) in [5, 5.41) is 11.8. The number of rotatable bonds is 7. The molecule has 0 fully saturated rings. The summed E-state index contributed by atoms with van der Waals surface area (Å²) >= 11 is 1.24. The molecule has 28 heavy (non-hydrogen) atoms. The summed E-state index contributed by atoms with van der Waals surface area (Å²) in [4.78, 5) is 27.9. The molecule has 1 aromatic carbocycles. The Bertz CT molecular complexity index is 1040. The van der Waals surface area contributed by atoms with Crippen LogP contribution in [0.15, 0.2) is 29.4 Å². The second kappa shape index (κ2) is 7.97. The van der Waals surface area contributed by atoms with Crippen molar-refractivity contribution in [2.45, 2.75) is 38.1 Å². The fourth-order valence-electron chi connectivity index (χ4n) is 3.15. The second-order valence-electron chi connectivity index (χ2n) is 6.35. The van der Waals surface area contributed by atoms with Crippen molar-refractivity contribution >= 4 is 23.3 Å². The molecular weight excluding hydrogens is 378 g/mol. The number of hydrogen-bond acceptors (Lipinski definition) is 7. The zero-order valence-electron chi connectivity index (χ0n) is 16.3. The second-order valence-corrected chi connectivity index (χ2v) is 7.66. The van der Waals surface area contributed by atoms with Gasteiger partial charge in [-0.25, -0.2) is 0 Å². The van der Waals surface area contributed by atoms with Crippen LogP contribution in [-0.2, 0) is 0 Å². The first-order chi connectivity index (χ1) is 13.3. The molecule has 146 valence electrons. The van der Waals surface area contributed by atoms with Gasteiger partial charge in [0.25, 0.3) is 0 Å². The summed E-state index contributed by atoms with van der Waals surface area (Å²) in [6.07, 6.45) is 0. The van der Waals surface area contributed by atoms with Crippen molar-refractivity contribution in [3.63, 3.8) is 0 Å². The largest absolute Gasteiger partial charge is 0.494 e. The number of ether oxygens (including phenoxy) is 1. The van der Waals surface area contributed by atoms with Crippen molar-refractivity contribution in [2.24, 2.45) is 0 Å². The lowest BCUT2D eigenvalue weighted by Gasteiger charge is -2.12. The third kappa shape index (κ3) is 3.57. The Morgan fingerprint density at radius 1 is 1.25 bits per heavy atom.